The van der Waals surface area contributed by atoms with Crippen molar-refractivity contribution in [3.63, 3.8) is 0 Å². The second kappa shape index (κ2) is 7.79. The molecular formula is C16H17BrN2O3. The van der Waals surface area contributed by atoms with Crippen LogP contribution in [0.25, 0.3) is 0 Å². The molecule has 0 atom stereocenters. The number of hydrogen-bond acceptors (Lipinski definition) is 3. The molecule has 22 heavy (non-hydrogen) atoms. The summed E-state index contributed by atoms with van der Waals surface area (Å²) in [5, 5.41) is 10.8. The summed E-state index contributed by atoms with van der Waals surface area (Å²) >= 11 is 0. The molecule has 0 saturated heterocycles. The Balaban J connectivity index is 0.00000242. The van der Waals surface area contributed by atoms with Gasteiger partial charge in [0.15, 0.2) is 11.9 Å². The molecule has 0 radical (unpaired) electrons. The van der Waals surface area contributed by atoms with Crippen LogP contribution in [0.5, 0.6) is 0 Å². The second-order valence-corrected chi connectivity index (χ2v) is 4.89. The van der Waals surface area contributed by atoms with Crippen LogP contribution in [0.3, 0.4) is 0 Å². The summed E-state index contributed by atoms with van der Waals surface area (Å²) in [6.07, 6.45) is 2.84. The molecule has 2 aromatic rings. The number of Topliss-reactive ketones (excluding diaryl/α,β-unsaturated/α-hetero) is 1. The topological polar surface area (TPSA) is 64.1 Å². The fourth-order valence-electron chi connectivity index (χ4n) is 2.09. The standard InChI is InChI=1S/C16H17N2O3.BrH/c1-3-13-8-7-12(2)17(10-13)11-16(19)14-5-4-6-15(9-14)18(20)21;/h4-10H,3,11H2,1-2H3;1H/q+1;/p-1. The third-order valence-electron chi connectivity index (χ3n) is 3.41. The van der Waals surface area contributed by atoms with E-state index in [9.17, 15) is 14.9 Å². The summed E-state index contributed by atoms with van der Waals surface area (Å²) in [7, 11) is 0. The van der Waals surface area contributed by atoms with Gasteiger partial charge in [-0.1, -0.05) is 19.1 Å². The zero-order valence-corrected chi connectivity index (χ0v) is 14.0. The maximum absolute atomic E-state index is 12.3. The molecule has 0 aliphatic carbocycles. The average Bonchev–Trinajstić information content (AvgIpc) is 2.49. The molecule has 0 aliphatic rings. The zero-order chi connectivity index (χ0) is 15.4. The molecule has 0 spiro atoms. The molecule has 0 unspecified atom stereocenters. The lowest BCUT2D eigenvalue weighted by Gasteiger charge is -2.03. The number of pyridine rings is 1. The Morgan fingerprint density at radius 2 is 2.00 bits per heavy atom. The number of benzene rings is 1. The van der Waals surface area contributed by atoms with Gasteiger partial charge >= 0.3 is 0 Å². The van der Waals surface area contributed by atoms with Crippen LogP contribution < -0.4 is 21.5 Å². The number of nitro groups is 1. The van der Waals surface area contributed by atoms with E-state index in [2.05, 4.69) is 6.92 Å². The van der Waals surface area contributed by atoms with Gasteiger partial charge in [-0.3, -0.25) is 14.9 Å². The number of nitro benzene ring substituents is 1. The molecule has 1 aromatic carbocycles. The minimum absolute atomic E-state index is 0. The predicted octanol–water partition coefficient (Wildman–Crippen LogP) is -0.360. The fraction of sp³-hybridized carbons (Fsp3) is 0.250. The Hall–Kier alpha value is -2.08. The summed E-state index contributed by atoms with van der Waals surface area (Å²) in [6, 6.07) is 9.85. The molecule has 1 heterocycles. The third kappa shape index (κ3) is 4.21. The molecule has 0 amide bonds. The summed E-state index contributed by atoms with van der Waals surface area (Å²) in [4.78, 5) is 22.6. The van der Waals surface area contributed by atoms with E-state index in [4.69, 9.17) is 0 Å². The molecule has 6 heteroatoms. The van der Waals surface area contributed by atoms with E-state index in [1.807, 2.05) is 29.8 Å². The number of carbonyl (C=O) groups excluding carboxylic acids is 1. The number of hydrogen-bond donors (Lipinski definition) is 0. The molecular weight excluding hydrogens is 348 g/mol. The van der Waals surface area contributed by atoms with Crippen LogP contribution in [0.2, 0.25) is 0 Å². The Labute approximate surface area is 139 Å². The predicted molar refractivity (Wildman–Crippen MR) is 78.2 cm³/mol. The van der Waals surface area contributed by atoms with E-state index in [-0.39, 0.29) is 35.0 Å². The number of rotatable bonds is 5. The molecule has 1 aromatic heterocycles. The van der Waals surface area contributed by atoms with E-state index < -0.39 is 4.92 Å². The van der Waals surface area contributed by atoms with Crippen LogP contribution in [-0.4, -0.2) is 10.7 Å². The molecule has 0 N–H and O–H groups in total. The Kier molecular flexibility index (Phi) is 6.37. The Bertz CT molecular complexity index is 702. The highest BCUT2D eigenvalue weighted by Crippen LogP contribution is 2.13. The summed E-state index contributed by atoms with van der Waals surface area (Å²) in [5.74, 6) is -0.139. The van der Waals surface area contributed by atoms with Crippen molar-refractivity contribution >= 4 is 11.5 Å². The van der Waals surface area contributed by atoms with E-state index in [1.54, 1.807) is 6.07 Å². The van der Waals surface area contributed by atoms with Crippen LogP contribution in [0.4, 0.5) is 5.69 Å². The van der Waals surface area contributed by atoms with E-state index >= 15 is 0 Å². The van der Waals surface area contributed by atoms with E-state index in [0.29, 0.717) is 5.56 Å². The van der Waals surface area contributed by atoms with Gasteiger partial charge in [-0.15, -0.1) is 0 Å². The molecule has 0 fully saturated rings. The molecule has 5 nitrogen and oxygen atoms in total. The van der Waals surface area contributed by atoms with Crippen molar-refractivity contribution in [2.24, 2.45) is 0 Å². The molecule has 0 saturated carbocycles. The van der Waals surface area contributed by atoms with Crippen molar-refractivity contribution in [2.45, 2.75) is 26.8 Å². The van der Waals surface area contributed by atoms with Gasteiger partial charge in [0.25, 0.3) is 5.69 Å². The molecule has 2 rings (SSSR count). The van der Waals surface area contributed by atoms with Gasteiger partial charge in [-0.05, 0) is 12.5 Å². The second-order valence-electron chi connectivity index (χ2n) is 4.89. The van der Waals surface area contributed by atoms with Gasteiger partial charge in [0.2, 0.25) is 12.3 Å². The highest BCUT2D eigenvalue weighted by molar-refractivity contribution is 5.95. The van der Waals surface area contributed by atoms with E-state index in [1.165, 1.54) is 18.2 Å². The Morgan fingerprint density at radius 1 is 1.27 bits per heavy atom. The number of aromatic nitrogens is 1. The first-order chi connectivity index (χ1) is 10.0. The first-order valence-electron chi connectivity index (χ1n) is 6.78. The monoisotopic (exact) mass is 364 g/mol. The van der Waals surface area contributed by atoms with Gasteiger partial charge in [0, 0.05) is 36.2 Å². The number of halogens is 1. The van der Waals surface area contributed by atoms with Gasteiger partial charge in [0.1, 0.15) is 0 Å². The van der Waals surface area contributed by atoms with Crippen molar-refractivity contribution in [3.05, 3.63) is 69.5 Å². The normalized spacial score (nSPS) is 9.91. The number of non-ortho nitro benzene ring substituents is 1. The van der Waals surface area contributed by atoms with Crippen LogP contribution in [0.1, 0.15) is 28.5 Å². The minimum Gasteiger partial charge on any atom is -1.00 e. The number of aryl methyl sites for hydroxylation is 2. The zero-order valence-electron chi connectivity index (χ0n) is 12.5. The van der Waals surface area contributed by atoms with E-state index in [0.717, 1.165) is 17.7 Å². The Morgan fingerprint density at radius 3 is 2.64 bits per heavy atom. The quantitative estimate of drug-likeness (QED) is 0.315. The van der Waals surface area contributed by atoms with Gasteiger partial charge in [-0.25, -0.2) is 0 Å². The fourth-order valence-corrected chi connectivity index (χ4v) is 2.09. The van der Waals surface area contributed by atoms with Crippen molar-refractivity contribution in [3.8, 4) is 0 Å². The maximum atomic E-state index is 12.3. The lowest BCUT2D eigenvalue weighted by atomic mass is 10.1. The van der Waals surface area contributed by atoms with Gasteiger partial charge in [-0.2, -0.15) is 4.57 Å². The highest BCUT2D eigenvalue weighted by atomic mass is 79.9. The van der Waals surface area contributed by atoms with Crippen molar-refractivity contribution in [2.75, 3.05) is 0 Å². The summed E-state index contributed by atoms with van der Waals surface area (Å²) < 4.78 is 1.88. The third-order valence-corrected chi connectivity index (χ3v) is 3.41. The van der Waals surface area contributed by atoms with Crippen molar-refractivity contribution in [1.29, 1.82) is 0 Å². The van der Waals surface area contributed by atoms with Crippen LogP contribution >= 0.6 is 0 Å². The lowest BCUT2D eigenvalue weighted by Crippen LogP contribution is -3.00. The first kappa shape index (κ1) is 18.0. The van der Waals surface area contributed by atoms with Gasteiger partial charge in [0.05, 0.1) is 4.92 Å². The van der Waals surface area contributed by atoms with Crippen molar-refractivity contribution < 1.29 is 31.3 Å². The smallest absolute Gasteiger partial charge is 0.270 e. The lowest BCUT2D eigenvalue weighted by molar-refractivity contribution is -0.689. The molecule has 0 aliphatic heterocycles. The number of carbonyl (C=O) groups is 1. The minimum atomic E-state index is -0.493. The average molecular weight is 365 g/mol. The van der Waals surface area contributed by atoms with Crippen LogP contribution in [0, 0.1) is 17.0 Å². The summed E-state index contributed by atoms with van der Waals surface area (Å²) in [6.45, 7) is 4.17. The number of ketones is 1. The number of nitrogens with zero attached hydrogens (tertiary/aromatic N) is 2. The highest BCUT2D eigenvalue weighted by Gasteiger charge is 2.17. The SMILES string of the molecule is CCc1ccc(C)[n+](CC(=O)c2cccc([N+](=O)[O-])c2)c1.[Br-]. The first-order valence-corrected chi connectivity index (χ1v) is 6.78. The largest absolute Gasteiger partial charge is 1.00 e. The van der Waals surface area contributed by atoms with Crippen LogP contribution in [0.15, 0.2) is 42.6 Å². The molecule has 116 valence electrons. The van der Waals surface area contributed by atoms with Gasteiger partial charge < -0.3 is 17.0 Å². The van der Waals surface area contributed by atoms with Crippen molar-refractivity contribution in [1.82, 2.24) is 0 Å². The molecule has 0 bridgehead atoms. The maximum Gasteiger partial charge on any atom is 0.270 e. The summed E-state index contributed by atoms with van der Waals surface area (Å²) in [5.41, 5.74) is 2.42. The van der Waals surface area contributed by atoms with Crippen LogP contribution in [-0.2, 0) is 13.0 Å².